The number of nitrogens with zero attached hydrogens (tertiary/aromatic N) is 2. The van der Waals surface area contributed by atoms with Crippen LogP contribution >= 0.6 is 0 Å². The standard InChI is InChI=1S/C21H22FN3O3/c1-27-16-9-14(10-17(12-16)28-2)21(26)25-7-5-13(6-8-25)20-23-18-4-3-15(22)11-19(18)24-20/h3-4,9-13H,5-8H2,1-2H3,(H,23,24). The van der Waals surface area contributed by atoms with Gasteiger partial charge in [-0.1, -0.05) is 0 Å². The van der Waals surface area contributed by atoms with Gasteiger partial charge in [0.25, 0.3) is 5.91 Å². The summed E-state index contributed by atoms with van der Waals surface area (Å²) in [5.74, 6) is 1.94. The molecular weight excluding hydrogens is 361 g/mol. The number of likely N-dealkylation sites (tertiary alicyclic amines) is 1. The van der Waals surface area contributed by atoms with Gasteiger partial charge in [-0.3, -0.25) is 4.79 Å². The van der Waals surface area contributed by atoms with Crippen LogP contribution in [0, 0.1) is 5.82 Å². The minimum atomic E-state index is -0.281. The van der Waals surface area contributed by atoms with E-state index in [1.165, 1.54) is 12.1 Å². The summed E-state index contributed by atoms with van der Waals surface area (Å²) in [5, 5.41) is 0. The van der Waals surface area contributed by atoms with Crippen LogP contribution in [0.25, 0.3) is 11.0 Å². The van der Waals surface area contributed by atoms with Crippen LogP contribution in [0.2, 0.25) is 0 Å². The zero-order valence-electron chi connectivity index (χ0n) is 15.9. The number of H-pyrrole nitrogens is 1. The topological polar surface area (TPSA) is 67.5 Å². The number of methoxy groups -OCH3 is 2. The first-order chi connectivity index (χ1) is 13.6. The van der Waals surface area contributed by atoms with E-state index >= 15 is 0 Å². The number of amides is 1. The van der Waals surface area contributed by atoms with Crippen molar-refractivity contribution in [3.05, 3.63) is 53.6 Å². The van der Waals surface area contributed by atoms with E-state index in [0.29, 0.717) is 35.7 Å². The maximum Gasteiger partial charge on any atom is 0.254 e. The largest absolute Gasteiger partial charge is 0.497 e. The summed E-state index contributed by atoms with van der Waals surface area (Å²) < 4.78 is 23.9. The Kier molecular flexibility index (Phi) is 4.90. The second-order valence-corrected chi connectivity index (χ2v) is 6.95. The van der Waals surface area contributed by atoms with Crippen molar-refractivity contribution >= 4 is 16.9 Å². The van der Waals surface area contributed by atoms with E-state index in [1.807, 2.05) is 4.90 Å². The van der Waals surface area contributed by atoms with E-state index < -0.39 is 0 Å². The molecule has 7 heteroatoms. The van der Waals surface area contributed by atoms with Crippen molar-refractivity contribution in [1.82, 2.24) is 14.9 Å². The summed E-state index contributed by atoms with van der Waals surface area (Å²) in [6, 6.07) is 9.75. The quantitative estimate of drug-likeness (QED) is 0.745. The molecule has 0 atom stereocenters. The first-order valence-corrected chi connectivity index (χ1v) is 9.25. The van der Waals surface area contributed by atoms with Gasteiger partial charge in [-0.2, -0.15) is 0 Å². The molecule has 2 heterocycles. The average molecular weight is 383 g/mol. The molecule has 0 saturated carbocycles. The third-order valence-corrected chi connectivity index (χ3v) is 5.23. The summed E-state index contributed by atoms with van der Waals surface area (Å²) in [6.45, 7) is 1.27. The van der Waals surface area contributed by atoms with Gasteiger partial charge in [0, 0.05) is 30.6 Å². The fourth-order valence-corrected chi connectivity index (χ4v) is 3.66. The molecule has 4 rings (SSSR count). The van der Waals surface area contributed by atoms with E-state index in [2.05, 4.69) is 9.97 Å². The number of halogens is 1. The minimum absolute atomic E-state index is 0.0395. The summed E-state index contributed by atoms with van der Waals surface area (Å²) in [6.07, 6.45) is 1.60. The summed E-state index contributed by atoms with van der Waals surface area (Å²) >= 11 is 0. The third-order valence-electron chi connectivity index (χ3n) is 5.23. The molecule has 0 aliphatic carbocycles. The summed E-state index contributed by atoms with van der Waals surface area (Å²) in [7, 11) is 3.13. The molecule has 0 spiro atoms. The van der Waals surface area contributed by atoms with Crippen molar-refractivity contribution in [2.45, 2.75) is 18.8 Å². The van der Waals surface area contributed by atoms with Crippen LogP contribution in [0.1, 0.15) is 34.9 Å². The first-order valence-electron chi connectivity index (χ1n) is 9.25. The van der Waals surface area contributed by atoms with Gasteiger partial charge in [0.15, 0.2) is 0 Å². The van der Waals surface area contributed by atoms with Crippen LogP contribution in [0.3, 0.4) is 0 Å². The number of benzene rings is 2. The molecular formula is C21H22FN3O3. The van der Waals surface area contributed by atoms with Gasteiger partial charge in [0.05, 0.1) is 25.3 Å². The molecule has 1 saturated heterocycles. The Morgan fingerprint density at radius 2 is 1.79 bits per heavy atom. The molecule has 146 valence electrons. The average Bonchev–Trinajstić information content (AvgIpc) is 3.16. The van der Waals surface area contributed by atoms with Gasteiger partial charge in [-0.25, -0.2) is 9.37 Å². The van der Waals surface area contributed by atoms with Crippen molar-refractivity contribution in [1.29, 1.82) is 0 Å². The van der Waals surface area contributed by atoms with Gasteiger partial charge >= 0.3 is 0 Å². The molecule has 6 nitrogen and oxygen atoms in total. The second kappa shape index (κ2) is 7.50. The van der Waals surface area contributed by atoms with Crippen molar-refractivity contribution in [3.8, 4) is 11.5 Å². The Labute approximate surface area is 162 Å². The van der Waals surface area contributed by atoms with Crippen LogP contribution in [-0.2, 0) is 0 Å². The zero-order valence-corrected chi connectivity index (χ0v) is 15.9. The Balaban J connectivity index is 1.46. The van der Waals surface area contributed by atoms with Crippen LogP contribution < -0.4 is 9.47 Å². The molecule has 0 radical (unpaired) electrons. The lowest BCUT2D eigenvalue weighted by atomic mass is 9.95. The molecule has 3 aromatic rings. The number of ether oxygens (including phenoxy) is 2. The number of nitrogens with one attached hydrogen (secondary N) is 1. The maximum atomic E-state index is 13.4. The fourth-order valence-electron chi connectivity index (χ4n) is 3.66. The van der Waals surface area contributed by atoms with Gasteiger partial charge < -0.3 is 19.4 Å². The number of aromatic amines is 1. The minimum Gasteiger partial charge on any atom is -0.497 e. The highest BCUT2D eigenvalue weighted by atomic mass is 19.1. The number of fused-ring (bicyclic) bond motifs is 1. The predicted molar refractivity (Wildman–Crippen MR) is 103 cm³/mol. The zero-order chi connectivity index (χ0) is 19.7. The van der Waals surface area contributed by atoms with Gasteiger partial charge in [0.2, 0.25) is 0 Å². The number of carbonyl (C=O) groups is 1. The van der Waals surface area contributed by atoms with Crippen LogP contribution in [-0.4, -0.2) is 48.1 Å². The number of piperidine rings is 1. The Hall–Kier alpha value is -3.09. The highest BCUT2D eigenvalue weighted by molar-refractivity contribution is 5.95. The number of imidazole rings is 1. The van der Waals surface area contributed by atoms with Crippen LogP contribution in [0.15, 0.2) is 36.4 Å². The normalized spacial score (nSPS) is 15.0. The molecule has 0 unspecified atom stereocenters. The van der Waals surface area contributed by atoms with Crippen molar-refractivity contribution in [2.24, 2.45) is 0 Å². The van der Waals surface area contributed by atoms with Crippen LogP contribution in [0.5, 0.6) is 11.5 Å². The van der Waals surface area contributed by atoms with Crippen molar-refractivity contribution in [2.75, 3.05) is 27.3 Å². The Morgan fingerprint density at radius 1 is 1.11 bits per heavy atom. The van der Waals surface area contributed by atoms with Gasteiger partial charge in [-0.05, 0) is 43.2 Å². The number of aromatic nitrogens is 2. The molecule has 1 amide bonds. The van der Waals surface area contributed by atoms with Crippen molar-refractivity contribution in [3.63, 3.8) is 0 Å². The van der Waals surface area contributed by atoms with E-state index in [1.54, 1.807) is 38.5 Å². The monoisotopic (exact) mass is 383 g/mol. The van der Waals surface area contributed by atoms with Crippen molar-refractivity contribution < 1.29 is 18.7 Å². The smallest absolute Gasteiger partial charge is 0.254 e. The number of carbonyl (C=O) groups excluding carboxylic acids is 1. The molecule has 2 aromatic carbocycles. The Morgan fingerprint density at radius 3 is 2.43 bits per heavy atom. The van der Waals surface area contributed by atoms with E-state index in [-0.39, 0.29) is 17.6 Å². The van der Waals surface area contributed by atoms with Crippen LogP contribution in [0.4, 0.5) is 4.39 Å². The lowest BCUT2D eigenvalue weighted by Gasteiger charge is -2.31. The SMILES string of the molecule is COc1cc(OC)cc(C(=O)N2CCC(c3nc4ccc(F)cc4[nH]3)CC2)c1. The molecule has 1 aliphatic rings. The fraction of sp³-hybridized carbons (Fsp3) is 0.333. The van der Waals surface area contributed by atoms with E-state index in [0.717, 1.165) is 24.2 Å². The number of rotatable bonds is 4. The number of hydrogen-bond acceptors (Lipinski definition) is 4. The van der Waals surface area contributed by atoms with Gasteiger partial charge in [-0.15, -0.1) is 0 Å². The Bertz CT molecular complexity index is 987. The summed E-state index contributed by atoms with van der Waals surface area (Å²) in [4.78, 5) is 22.6. The second-order valence-electron chi connectivity index (χ2n) is 6.95. The third kappa shape index (κ3) is 3.52. The molecule has 28 heavy (non-hydrogen) atoms. The lowest BCUT2D eigenvalue weighted by Crippen LogP contribution is -2.38. The highest BCUT2D eigenvalue weighted by Crippen LogP contribution is 2.30. The first kappa shape index (κ1) is 18.3. The summed E-state index contributed by atoms with van der Waals surface area (Å²) in [5.41, 5.74) is 2.02. The van der Waals surface area contributed by atoms with E-state index in [9.17, 15) is 9.18 Å². The molecule has 1 aromatic heterocycles. The highest BCUT2D eigenvalue weighted by Gasteiger charge is 2.27. The predicted octanol–water partition coefficient (Wildman–Crippen LogP) is 3.74. The molecule has 1 aliphatic heterocycles. The van der Waals surface area contributed by atoms with E-state index in [4.69, 9.17) is 9.47 Å². The maximum absolute atomic E-state index is 13.4. The lowest BCUT2D eigenvalue weighted by molar-refractivity contribution is 0.0710. The number of hydrogen-bond donors (Lipinski definition) is 1. The molecule has 1 fully saturated rings. The molecule has 1 N–H and O–H groups in total. The van der Waals surface area contributed by atoms with Gasteiger partial charge in [0.1, 0.15) is 23.1 Å². The molecule has 0 bridgehead atoms.